The fourth-order valence-corrected chi connectivity index (χ4v) is 5.24. The lowest BCUT2D eigenvalue weighted by atomic mass is 10.1. The molecule has 1 aromatic carbocycles. The van der Waals surface area contributed by atoms with E-state index in [0.717, 1.165) is 13.0 Å². The summed E-state index contributed by atoms with van der Waals surface area (Å²) in [6.45, 7) is 5.62. The molecule has 5 rings (SSSR count). The number of hydrogen-bond donors (Lipinski definition) is 1. The lowest BCUT2D eigenvalue weighted by Gasteiger charge is -2.36. The number of thiocarbonyl (C=S) groups is 1. The number of nitrogens with zero attached hydrogens (tertiary/aromatic N) is 5. The van der Waals surface area contributed by atoms with Crippen molar-refractivity contribution in [2.45, 2.75) is 38.4 Å². The van der Waals surface area contributed by atoms with E-state index in [1.165, 1.54) is 11.1 Å². The number of imide groups is 1. The van der Waals surface area contributed by atoms with E-state index in [1.54, 1.807) is 11.0 Å². The minimum absolute atomic E-state index is 0.0483. The minimum atomic E-state index is -0.556. The SMILES string of the molecule is CC(C)CNC(=S)N1C[C@@H]2C[C@H]1[C@H]1C(=O)N(c3cnc(C#N)c4ccccc34)C(=O)N21. The summed E-state index contributed by atoms with van der Waals surface area (Å²) >= 11 is 5.58. The van der Waals surface area contributed by atoms with Gasteiger partial charge in [-0.1, -0.05) is 38.1 Å². The number of nitrogens with one attached hydrogen (secondary N) is 1. The molecule has 158 valence electrons. The van der Waals surface area contributed by atoms with Gasteiger partial charge in [0, 0.05) is 23.9 Å². The summed E-state index contributed by atoms with van der Waals surface area (Å²) in [5, 5.41) is 14.6. The van der Waals surface area contributed by atoms with Gasteiger partial charge in [0.25, 0.3) is 5.91 Å². The number of carbonyl (C=O) groups excluding carboxylic acids is 2. The Balaban J connectivity index is 1.48. The molecule has 1 N–H and O–H groups in total. The molecule has 2 bridgehead atoms. The van der Waals surface area contributed by atoms with Crippen LogP contribution in [0.5, 0.6) is 0 Å². The molecule has 8 nitrogen and oxygen atoms in total. The largest absolute Gasteiger partial charge is 0.362 e. The molecule has 3 saturated heterocycles. The maximum Gasteiger partial charge on any atom is 0.332 e. The van der Waals surface area contributed by atoms with Crippen LogP contribution in [0, 0.1) is 17.2 Å². The standard InChI is InChI=1S/C22H22N6O2S/c1-12(2)9-25-21(31)26-11-13-7-17(26)19-20(29)28(22(30)27(13)19)18-10-24-16(8-23)14-5-3-4-6-15(14)18/h3-6,10,12-13,17,19H,7,9,11H2,1-2H3,(H,25,31)/t13-,17-,19-/m0/s1. The molecule has 3 fully saturated rings. The number of urea groups is 1. The van der Waals surface area contributed by atoms with E-state index >= 15 is 0 Å². The third kappa shape index (κ3) is 2.86. The van der Waals surface area contributed by atoms with E-state index in [9.17, 15) is 14.9 Å². The molecule has 3 atom stereocenters. The normalized spacial score (nSPS) is 24.3. The second-order valence-corrected chi connectivity index (χ2v) is 9.03. The lowest BCUT2D eigenvalue weighted by Crippen LogP contribution is -2.57. The Morgan fingerprint density at radius 2 is 2.06 bits per heavy atom. The predicted molar refractivity (Wildman–Crippen MR) is 119 cm³/mol. The van der Waals surface area contributed by atoms with Crippen LogP contribution in [0.3, 0.4) is 0 Å². The van der Waals surface area contributed by atoms with Crippen LogP contribution in [0.25, 0.3) is 10.8 Å². The maximum absolute atomic E-state index is 13.5. The quantitative estimate of drug-likeness (QED) is 0.585. The van der Waals surface area contributed by atoms with Gasteiger partial charge in [-0.2, -0.15) is 5.26 Å². The number of fused-ring (bicyclic) bond motifs is 6. The van der Waals surface area contributed by atoms with Crippen molar-refractivity contribution in [3.8, 4) is 6.07 Å². The van der Waals surface area contributed by atoms with Crippen LogP contribution in [0.1, 0.15) is 26.0 Å². The zero-order chi connectivity index (χ0) is 21.9. The van der Waals surface area contributed by atoms with Crippen LogP contribution in [-0.2, 0) is 4.79 Å². The van der Waals surface area contributed by atoms with E-state index in [0.29, 0.717) is 34.0 Å². The first-order chi connectivity index (χ1) is 14.9. The lowest BCUT2D eigenvalue weighted by molar-refractivity contribution is -0.120. The number of piperazine rings is 1. The fourth-order valence-electron chi connectivity index (χ4n) is 4.95. The Bertz CT molecular complexity index is 1160. The Morgan fingerprint density at radius 3 is 2.77 bits per heavy atom. The number of nitriles is 1. The van der Waals surface area contributed by atoms with Gasteiger partial charge in [0.2, 0.25) is 0 Å². The van der Waals surface area contributed by atoms with Crippen LogP contribution in [0.2, 0.25) is 0 Å². The highest BCUT2D eigenvalue weighted by molar-refractivity contribution is 7.80. The van der Waals surface area contributed by atoms with Crippen molar-refractivity contribution in [1.29, 1.82) is 5.26 Å². The van der Waals surface area contributed by atoms with Gasteiger partial charge in [0.15, 0.2) is 5.11 Å². The zero-order valence-corrected chi connectivity index (χ0v) is 18.1. The molecule has 3 aliphatic heterocycles. The van der Waals surface area contributed by atoms with Crippen molar-refractivity contribution in [3.63, 3.8) is 0 Å². The molecule has 9 heteroatoms. The molecule has 0 aliphatic carbocycles. The van der Waals surface area contributed by atoms with Gasteiger partial charge < -0.3 is 15.1 Å². The third-order valence-corrected chi connectivity index (χ3v) is 6.69. The van der Waals surface area contributed by atoms with E-state index in [2.05, 4.69) is 35.1 Å². The molecule has 1 aromatic heterocycles. The fraction of sp³-hybridized carbons (Fsp3) is 0.409. The van der Waals surface area contributed by atoms with Gasteiger partial charge >= 0.3 is 6.03 Å². The Hall–Kier alpha value is -3.25. The molecule has 3 aliphatic rings. The molecule has 31 heavy (non-hydrogen) atoms. The molecule has 3 amide bonds. The maximum atomic E-state index is 13.5. The summed E-state index contributed by atoms with van der Waals surface area (Å²) in [7, 11) is 0. The van der Waals surface area contributed by atoms with E-state index in [4.69, 9.17) is 12.2 Å². The van der Waals surface area contributed by atoms with E-state index in [-0.39, 0.29) is 29.7 Å². The number of rotatable bonds is 3. The number of pyridine rings is 1. The van der Waals surface area contributed by atoms with Crippen LogP contribution < -0.4 is 10.2 Å². The van der Waals surface area contributed by atoms with E-state index in [1.807, 2.05) is 18.2 Å². The third-order valence-electron chi connectivity index (χ3n) is 6.31. The number of hydrogen-bond acceptors (Lipinski definition) is 5. The average Bonchev–Trinajstić information content (AvgIpc) is 3.43. The van der Waals surface area contributed by atoms with Crippen molar-refractivity contribution < 1.29 is 9.59 Å². The smallest absolute Gasteiger partial charge is 0.332 e. The van der Waals surface area contributed by atoms with Crippen LogP contribution in [0.15, 0.2) is 30.5 Å². The summed E-state index contributed by atoms with van der Waals surface area (Å²) in [5.41, 5.74) is 0.692. The highest BCUT2D eigenvalue weighted by Gasteiger charge is 2.62. The number of anilines is 1. The number of carbonyl (C=O) groups is 2. The van der Waals surface area contributed by atoms with Gasteiger partial charge in [-0.15, -0.1) is 0 Å². The molecule has 4 heterocycles. The summed E-state index contributed by atoms with van der Waals surface area (Å²) in [6.07, 6.45) is 2.19. The van der Waals surface area contributed by atoms with Gasteiger partial charge in [0.05, 0.1) is 24.0 Å². The van der Waals surface area contributed by atoms with E-state index < -0.39 is 6.04 Å². The van der Waals surface area contributed by atoms with Gasteiger partial charge in [-0.3, -0.25) is 4.79 Å². The first-order valence-electron chi connectivity index (χ1n) is 10.4. The number of amides is 3. The van der Waals surface area contributed by atoms with Crippen molar-refractivity contribution in [1.82, 2.24) is 20.1 Å². The highest BCUT2D eigenvalue weighted by Crippen LogP contribution is 2.43. The van der Waals surface area contributed by atoms with Crippen molar-refractivity contribution in [2.24, 2.45) is 5.92 Å². The predicted octanol–water partition coefficient (Wildman–Crippen LogP) is 2.23. The average molecular weight is 435 g/mol. The highest BCUT2D eigenvalue weighted by atomic mass is 32.1. The zero-order valence-electron chi connectivity index (χ0n) is 17.3. The molecular formula is C22H22N6O2S. The molecule has 2 aromatic rings. The second-order valence-electron chi connectivity index (χ2n) is 8.65. The van der Waals surface area contributed by atoms with Crippen molar-refractivity contribution in [3.05, 3.63) is 36.2 Å². The Kier molecular flexibility index (Phi) is 4.55. The number of aromatic nitrogens is 1. The minimum Gasteiger partial charge on any atom is -0.362 e. The molecule has 0 radical (unpaired) electrons. The summed E-state index contributed by atoms with van der Waals surface area (Å²) in [6, 6.07) is 8.24. The molecule has 0 saturated carbocycles. The molecular weight excluding hydrogens is 412 g/mol. The number of benzene rings is 1. The van der Waals surface area contributed by atoms with Crippen LogP contribution in [0.4, 0.5) is 10.5 Å². The topological polar surface area (TPSA) is 92.6 Å². The van der Waals surface area contributed by atoms with Gasteiger partial charge in [-0.25, -0.2) is 14.7 Å². The summed E-state index contributed by atoms with van der Waals surface area (Å²) in [5.74, 6) is 0.196. The number of likely N-dealkylation sites (tertiary alicyclic amines) is 1. The van der Waals surface area contributed by atoms with Gasteiger partial charge in [-0.05, 0) is 24.6 Å². The Morgan fingerprint density at radius 1 is 1.32 bits per heavy atom. The summed E-state index contributed by atoms with van der Waals surface area (Å²) in [4.78, 5) is 36.1. The van der Waals surface area contributed by atoms with Crippen molar-refractivity contribution in [2.75, 3.05) is 18.0 Å². The van der Waals surface area contributed by atoms with Crippen molar-refractivity contribution >= 4 is 45.7 Å². The monoisotopic (exact) mass is 434 g/mol. The first kappa shape index (κ1) is 19.7. The summed E-state index contributed by atoms with van der Waals surface area (Å²) < 4.78 is 0. The van der Waals surface area contributed by atoms with Crippen LogP contribution >= 0.6 is 12.2 Å². The second kappa shape index (κ2) is 7.17. The Labute approximate surface area is 185 Å². The van der Waals surface area contributed by atoms with Gasteiger partial charge in [0.1, 0.15) is 17.8 Å². The first-order valence-corrected chi connectivity index (χ1v) is 10.8. The molecule has 0 spiro atoms. The van der Waals surface area contributed by atoms with Crippen LogP contribution in [-0.4, -0.2) is 63.0 Å². The molecule has 0 unspecified atom stereocenters.